The molecule has 7 N–H and O–H groups in total. The maximum Gasteiger partial charge on any atom is 0.322 e. The third kappa shape index (κ3) is 8.37. The molecule has 3 atom stereocenters. The lowest BCUT2D eigenvalue weighted by atomic mass is 10.0. The molecule has 11 heteroatoms. The number of nitrogens with one attached hydrogen (secondary N) is 4. The first-order valence-corrected chi connectivity index (χ1v) is 10.5. The average molecular weight is 459 g/mol. The molecule has 2 aromatic rings. The lowest BCUT2D eigenvalue weighted by Crippen LogP contribution is -2.57. The number of carbonyl (C=O) groups excluding carboxylic acids is 3. The number of nitrogens with two attached hydrogens (primary N) is 1. The number of aromatic amines is 1. The van der Waals surface area contributed by atoms with Crippen molar-refractivity contribution in [1.82, 2.24) is 25.9 Å². The average Bonchev–Trinajstić information content (AvgIpc) is 3.29. The summed E-state index contributed by atoms with van der Waals surface area (Å²) >= 11 is 0. The summed E-state index contributed by atoms with van der Waals surface area (Å²) < 4.78 is 0. The fourth-order valence-electron chi connectivity index (χ4n) is 3.01. The van der Waals surface area contributed by atoms with Crippen molar-refractivity contribution in [2.24, 2.45) is 11.7 Å². The predicted octanol–water partition coefficient (Wildman–Crippen LogP) is -0.651. The molecule has 0 spiro atoms. The van der Waals surface area contributed by atoms with E-state index in [0.29, 0.717) is 5.69 Å². The second-order valence-electron chi connectivity index (χ2n) is 7.97. The van der Waals surface area contributed by atoms with E-state index in [9.17, 15) is 19.2 Å². The number of H-pyrrole nitrogens is 1. The van der Waals surface area contributed by atoms with Crippen molar-refractivity contribution in [3.63, 3.8) is 0 Å². The van der Waals surface area contributed by atoms with Crippen LogP contribution >= 0.6 is 0 Å². The van der Waals surface area contributed by atoms with Crippen LogP contribution in [0.1, 0.15) is 25.1 Å². The van der Waals surface area contributed by atoms with Crippen LogP contribution in [0.15, 0.2) is 42.9 Å². The van der Waals surface area contributed by atoms with Gasteiger partial charge in [0.05, 0.1) is 12.4 Å². The highest BCUT2D eigenvalue weighted by Gasteiger charge is 2.29. The number of aliphatic carboxylic acids is 1. The normalized spacial score (nSPS) is 13.6. The van der Waals surface area contributed by atoms with Gasteiger partial charge in [-0.3, -0.25) is 19.2 Å². The molecule has 0 aliphatic rings. The van der Waals surface area contributed by atoms with Crippen molar-refractivity contribution >= 4 is 23.7 Å². The number of hydrogen-bond acceptors (Lipinski definition) is 6. The van der Waals surface area contributed by atoms with Crippen LogP contribution in [0.5, 0.6) is 0 Å². The molecule has 0 bridgehead atoms. The Labute approximate surface area is 191 Å². The minimum atomic E-state index is -1.22. The van der Waals surface area contributed by atoms with Crippen molar-refractivity contribution in [2.45, 2.75) is 44.8 Å². The van der Waals surface area contributed by atoms with Crippen LogP contribution < -0.4 is 21.7 Å². The summed E-state index contributed by atoms with van der Waals surface area (Å²) in [5.74, 6) is -3.11. The van der Waals surface area contributed by atoms with Gasteiger partial charge >= 0.3 is 5.97 Å². The molecule has 11 nitrogen and oxygen atoms in total. The van der Waals surface area contributed by atoms with Crippen LogP contribution in [0, 0.1) is 5.92 Å². The van der Waals surface area contributed by atoms with Gasteiger partial charge < -0.3 is 31.8 Å². The zero-order valence-corrected chi connectivity index (χ0v) is 18.6. The summed E-state index contributed by atoms with van der Waals surface area (Å²) in [6.07, 6.45) is 3.15. The minimum absolute atomic E-state index is 0.0503. The highest BCUT2D eigenvalue weighted by Crippen LogP contribution is 2.07. The molecule has 33 heavy (non-hydrogen) atoms. The molecule has 0 radical (unpaired) electrons. The van der Waals surface area contributed by atoms with Gasteiger partial charge in [-0.25, -0.2) is 4.98 Å². The highest BCUT2D eigenvalue weighted by atomic mass is 16.4. The number of rotatable bonds is 12. The third-order valence-electron chi connectivity index (χ3n) is 4.96. The number of carbonyl (C=O) groups is 4. The molecule has 2 rings (SSSR count). The standard InChI is InChI=1S/C22H30N6O5/c1-13(2)19(23)22(33)28-16(8-14-6-4-3-5-7-14)21(32)27-17(9-15-10-24-12-26-15)20(31)25-11-18(29)30/h3-7,10,12-13,16-17,19H,8-9,11,23H2,1-2H3,(H,24,26)(H,25,31)(H,27,32)(H,28,33)(H,29,30). The quantitative estimate of drug-likeness (QED) is 0.244. The largest absolute Gasteiger partial charge is 0.480 e. The second-order valence-corrected chi connectivity index (χ2v) is 7.97. The Morgan fingerprint density at radius 2 is 1.64 bits per heavy atom. The SMILES string of the molecule is CC(C)C(N)C(=O)NC(Cc1ccccc1)C(=O)NC(Cc1cnc[nH]1)C(=O)NCC(=O)O. The van der Waals surface area contributed by atoms with Crippen LogP contribution in [-0.4, -0.2) is 63.4 Å². The van der Waals surface area contributed by atoms with E-state index < -0.39 is 48.4 Å². The summed E-state index contributed by atoms with van der Waals surface area (Å²) in [7, 11) is 0. The maximum atomic E-state index is 13.2. The number of carboxylic acid groups (broad SMARTS) is 1. The van der Waals surface area contributed by atoms with E-state index in [1.165, 1.54) is 12.5 Å². The molecule has 0 aliphatic heterocycles. The Bertz CT molecular complexity index is 932. The number of hydrogen-bond donors (Lipinski definition) is 6. The lowest BCUT2D eigenvalue weighted by molar-refractivity contribution is -0.138. The Morgan fingerprint density at radius 3 is 2.21 bits per heavy atom. The van der Waals surface area contributed by atoms with Crippen LogP contribution in [0.4, 0.5) is 0 Å². The fourth-order valence-corrected chi connectivity index (χ4v) is 3.01. The zero-order chi connectivity index (χ0) is 24.4. The first-order chi connectivity index (χ1) is 15.7. The van der Waals surface area contributed by atoms with Gasteiger partial charge in [-0.05, 0) is 11.5 Å². The van der Waals surface area contributed by atoms with Crippen molar-refractivity contribution in [3.05, 3.63) is 54.1 Å². The number of imidazole rings is 1. The van der Waals surface area contributed by atoms with Gasteiger partial charge in [-0.2, -0.15) is 0 Å². The Morgan fingerprint density at radius 1 is 1.00 bits per heavy atom. The Balaban J connectivity index is 2.20. The number of nitrogens with zero attached hydrogens (tertiary/aromatic N) is 1. The van der Waals surface area contributed by atoms with Crippen molar-refractivity contribution in [1.29, 1.82) is 0 Å². The summed E-state index contributed by atoms with van der Waals surface area (Å²) in [5.41, 5.74) is 7.30. The highest BCUT2D eigenvalue weighted by molar-refractivity contribution is 5.94. The summed E-state index contributed by atoms with van der Waals surface area (Å²) in [6, 6.07) is 6.19. The minimum Gasteiger partial charge on any atom is -0.480 e. The Hall–Kier alpha value is -3.73. The molecular formula is C22H30N6O5. The van der Waals surface area contributed by atoms with E-state index in [1.807, 2.05) is 30.3 Å². The van der Waals surface area contributed by atoms with Crippen molar-refractivity contribution < 1.29 is 24.3 Å². The molecular weight excluding hydrogens is 428 g/mol. The van der Waals surface area contributed by atoms with Gasteiger partial charge in [-0.1, -0.05) is 44.2 Å². The molecule has 0 saturated carbocycles. The van der Waals surface area contributed by atoms with Crippen LogP contribution in [0.25, 0.3) is 0 Å². The smallest absolute Gasteiger partial charge is 0.322 e. The van der Waals surface area contributed by atoms with Crippen molar-refractivity contribution in [2.75, 3.05) is 6.54 Å². The van der Waals surface area contributed by atoms with Crippen LogP contribution in [0.3, 0.4) is 0 Å². The van der Waals surface area contributed by atoms with Crippen molar-refractivity contribution in [3.8, 4) is 0 Å². The van der Waals surface area contributed by atoms with Gasteiger partial charge in [-0.15, -0.1) is 0 Å². The monoisotopic (exact) mass is 458 g/mol. The first-order valence-electron chi connectivity index (χ1n) is 10.5. The first kappa shape index (κ1) is 25.5. The maximum absolute atomic E-state index is 13.2. The number of amides is 3. The third-order valence-corrected chi connectivity index (χ3v) is 4.96. The van der Waals surface area contributed by atoms with Gasteiger partial charge in [0.25, 0.3) is 0 Å². The molecule has 1 aromatic carbocycles. The molecule has 1 heterocycles. The molecule has 0 saturated heterocycles. The van der Waals surface area contributed by atoms with E-state index in [0.717, 1.165) is 5.56 Å². The van der Waals surface area contributed by atoms with E-state index >= 15 is 0 Å². The summed E-state index contributed by atoms with van der Waals surface area (Å²) in [5, 5.41) is 16.4. The van der Waals surface area contributed by atoms with E-state index in [4.69, 9.17) is 10.8 Å². The van der Waals surface area contributed by atoms with Gasteiger partial charge in [0.15, 0.2) is 0 Å². The topological polar surface area (TPSA) is 179 Å². The van der Waals surface area contributed by atoms with Crippen LogP contribution in [-0.2, 0) is 32.0 Å². The van der Waals surface area contributed by atoms with E-state index in [-0.39, 0.29) is 18.8 Å². The van der Waals surface area contributed by atoms with E-state index in [2.05, 4.69) is 25.9 Å². The van der Waals surface area contributed by atoms with Crippen LogP contribution in [0.2, 0.25) is 0 Å². The molecule has 178 valence electrons. The Kier molecular flexibility index (Phi) is 9.55. The number of carboxylic acids is 1. The fraction of sp³-hybridized carbons (Fsp3) is 0.409. The molecule has 0 aliphatic carbocycles. The van der Waals surface area contributed by atoms with E-state index in [1.54, 1.807) is 13.8 Å². The molecule has 3 amide bonds. The summed E-state index contributed by atoms with van der Waals surface area (Å²) in [4.78, 5) is 55.9. The number of aromatic nitrogens is 2. The second kappa shape index (κ2) is 12.3. The predicted molar refractivity (Wildman–Crippen MR) is 120 cm³/mol. The molecule has 1 aromatic heterocycles. The summed E-state index contributed by atoms with van der Waals surface area (Å²) in [6.45, 7) is 3.00. The number of benzene rings is 1. The van der Waals surface area contributed by atoms with Gasteiger partial charge in [0, 0.05) is 24.7 Å². The molecule has 3 unspecified atom stereocenters. The van der Waals surface area contributed by atoms with Gasteiger partial charge in [0.1, 0.15) is 18.6 Å². The zero-order valence-electron chi connectivity index (χ0n) is 18.6. The molecule has 0 fully saturated rings. The van der Waals surface area contributed by atoms with Gasteiger partial charge in [0.2, 0.25) is 17.7 Å². The lowest BCUT2D eigenvalue weighted by Gasteiger charge is -2.25.